The van der Waals surface area contributed by atoms with Gasteiger partial charge >= 0.3 is 0 Å². The third kappa shape index (κ3) is 3.68. The van der Waals surface area contributed by atoms with E-state index in [1.165, 1.54) is 0 Å². The number of ether oxygens (including phenoxy) is 1. The van der Waals surface area contributed by atoms with E-state index in [2.05, 4.69) is 17.2 Å². The van der Waals surface area contributed by atoms with E-state index in [9.17, 15) is 9.59 Å². The highest BCUT2D eigenvalue weighted by atomic mass is 16.5. The lowest BCUT2D eigenvalue weighted by molar-refractivity contribution is -0.130. The van der Waals surface area contributed by atoms with Gasteiger partial charge in [-0.2, -0.15) is 0 Å². The summed E-state index contributed by atoms with van der Waals surface area (Å²) in [5.41, 5.74) is 6.30. The van der Waals surface area contributed by atoms with Crippen LogP contribution in [0.3, 0.4) is 0 Å². The van der Waals surface area contributed by atoms with Crippen LogP contribution in [0.1, 0.15) is 65.5 Å². The zero-order valence-corrected chi connectivity index (χ0v) is 19.1. The number of aliphatic imine (C=N–C) groups is 1. The molecule has 2 amide bonds. The van der Waals surface area contributed by atoms with Crippen molar-refractivity contribution >= 4 is 17.8 Å². The summed E-state index contributed by atoms with van der Waals surface area (Å²) in [6.45, 7) is 10.6. The number of carbonyl (C=O) groups excluding carboxylic acids is 2. The number of fused-ring (bicyclic) bond motifs is 1. The summed E-state index contributed by atoms with van der Waals surface area (Å²) in [4.78, 5) is 32.2. The van der Waals surface area contributed by atoms with Crippen LogP contribution in [0.5, 0.6) is 5.75 Å². The van der Waals surface area contributed by atoms with E-state index >= 15 is 0 Å². The van der Waals surface area contributed by atoms with Crippen LogP contribution in [0.4, 0.5) is 0 Å². The Labute approximate surface area is 184 Å². The number of hydrogen-bond acceptors (Lipinski definition) is 5. The molecule has 0 aromatic heterocycles. The third-order valence-electron chi connectivity index (χ3n) is 7.57. The van der Waals surface area contributed by atoms with Gasteiger partial charge in [0, 0.05) is 18.0 Å². The second kappa shape index (κ2) is 7.53. The second-order valence-corrected chi connectivity index (χ2v) is 9.82. The minimum absolute atomic E-state index is 0.00677. The minimum atomic E-state index is -0.517. The van der Waals surface area contributed by atoms with Gasteiger partial charge in [-0.05, 0) is 44.6 Å². The van der Waals surface area contributed by atoms with Crippen LogP contribution in [-0.2, 0) is 9.59 Å². The molecule has 2 heterocycles. The van der Waals surface area contributed by atoms with Crippen molar-refractivity contribution in [2.24, 2.45) is 28.5 Å². The summed E-state index contributed by atoms with van der Waals surface area (Å²) >= 11 is 0. The molecule has 7 nitrogen and oxygen atoms in total. The largest absolute Gasteiger partial charge is 0.485 e. The van der Waals surface area contributed by atoms with E-state index in [1.807, 2.05) is 52.0 Å². The second-order valence-electron chi connectivity index (χ2n) is 9.82. The lowest BCUT2D eigenvalue weighted by atomic mass is 9.88. The van der Waals surface area contributed by atoms with E-state index in [1.54, 1.807) is 4.90 Å². The van der Waals surface area contributed by atoms with Crippen molar-refractivity contribution < 1.29 is 14.3 Å². The number of nitrogens with two attached hydrogens (primary N) is 1. The first-order chi connectivity index (χ1) is 14.6. The van der Waals surface area contributed by atoms with Gasteiger partial charge in [0.2, 0.25) is 11.8 Å². The number of nitrogens with one attached hydrogen (secondary N) is 1. The topological polar surface area (TPSA) is 97.0 Å². The highest BCUT2D eigenvalue weighted by Crippen LogP contribution is 2.49. The van der Waals surface area contributed by atoms with Gasteiger partial charge in [-0.1, -0.05) is 39.0 Å². The highest BCUT2D eigenvalue weighted by Gasteiger charge is 2.55. The average Bonchev–Trinajstić information content (AvgIpc) is 3.29. The predicted molar refractivity (Wildman–Crippen MR) is 119 cm³/mol. The molecule has 3 unspecified atom stereocenters. The molecule has 1 aromatic carbocycles. The van der Waals surface area contributed by atoms with E-state index in [0.29, 0.717) is 13.0 Å². The third-order valence-corrected chi connectivity index (χ3v) is 7.57. The van der Waals surface area contributed by atoms with Gasteiger partial charge in [-0.3, -0.25) is 14.5 Å². The Morgan fingerprint density at radius 2 is 1.97 bits per heavy atom. The number of para-hydroxylation sites is 1. The summed E-state index contributed by atoms with van der Waals surface area (Å²) in [5.74, 6) is 1.24. The molecule has 31 heavy (non-hydrogen) atoms. The molecular weight excluding hydrogens is 392 g/mol. The molecule has 1 aromatic rings. The van der Waals surface area contributed by atoms with Crippen LogP contribution in [-0.4, -0.2) is 40.4 Å². The van der Waals surface area contributed by atoms with Crippen molar-refractivity contribution in [3.8, 4) is 5.75 Å². The SMILES string of the molecule is CCC1(CC)CC(=O)N(CC2C(C)C2C(=O)N[C@@H]2c3ccccc3OC2(C)C)C(N)=N1. The first kappa shape index (κ1) is 21.7. The van der Waals surface area contributed by atoms with Crippen molar-refractivity contribution in [2.45, 2.75) is 71.1 Å². The molecule has 3 aliphatic rings. The van der Waals surface area contributed by atoms with Gasteiger partial charge in [-0.15, -0.1) is 0 Å². The quantitative estimate of drug-likeness (QED) is 0.731. The summed E-state index contributed by atoms with van der Waals surface area (Å²) in [5, 5.41) is 3.21. The predicted octanol–water partition coefficient (Wildman–Crippen LogP) is 3.00. The summed E-state index contributed by atoms with van der Waals surface area (Å²) in [6, 6.07) is 7.62. The van der Waals surface area contributed by atoms with Crippen LogP contribution < -0.4 is 15.8 Å². The zero-order valence-electron chi connectivity index (χ0n) is 19.1. The molecular formula is C24H34N4O3. The zero-order chi connectivity index (χ0) is 22.6. The van der Waals surface area contributed by atoms with Gasteiger partial charge in [0.15, 0.2) is 5.96 Å². The maximum Gasteiger partial charge on any atom is 0.231 e. The lowest BCUT2D eigenvalue weighted by Gasteiger charge is -2.36. The molecule has 168 valence electrons. The van der Waals surface area contributed by atoms with Gasteiger partial charge in [-0.25, -0.2) is 4.99 Å². The Morgan fingerprint density at radius 1 is 1.29 bits per heavy atom. The van der Waals surface area contributed by atoms with Crippen molar-refractivity contribution in [1.82, 2.24) is 10.2 Å². The molecule has 1 saturated carbocycles. The fourth-order valence-corrected chi connectivity index (χ4v) is 5.19. The maximum atomic E-state index is 13.1. The molecule has 0 spiro atoms. The van der Waals surface area contributed by atoms with Gasteiger partial charge in [0.05, 0.1) is 18.0 Å². The van der Waals surface area contributed by atoms with E-state index in [-0.39, 0.29) is 47.1 Å². The molecule has 0 saturated heterocycles. The van der Waals surface area contributed by atoms with Crippen LogP contribution in [0.15, 0.2) is 29.3 Å². The van der Waals surface area contributed by atoms with Gasteiger partial charge < -0.3 is 15.8 Å². The first-order valence-corrected chi connectivity index (χ1v) is 11.4. The van der Waals surface area contributed by atoms with E-state index in [4.69, 9.17) is 10.5 Å². The summed E-state index contributed by atoms with van der Waals surface area (Å²) < 4.78 is 6.05. The number of amides is 2. The number of rotatable bonds is 6. The molecule has 7 heteroatoms. The molecule has 0 radical (unpaired) electrons. The Kier molecular flexibility index (Phi) is 5.26. The van der Waals surface area contributed by atoms with E-state index < -0.39 is 5.60 Å². The monoisotopic (exact) mass is 426 g/mol. The van der Waals surface area contributed by atoms with Gasteiger partial charge in [0.25, 0.3) is 0 Å². The molecule has 2 aliphatic heterocycles. The first-order valence-electron chi connectivity index (χ1n) is 11.4. The Hall–Kier alpha value is -2.57. The molecule has 0 bridgehead atoms. The number of hydrogen-bond donors (Lipinski definition) is 2. The van der Waals surface area contributed by atoms with Crippen LogP contribution in [0, 0.1) is 17.8 Å². The van der Waals surface area contributed by atoms with Crippen molar-refractivity contribution in [3.05, 3.63) is 29.8 Å². The fourth-order valence-electron chi connectivity index (χ4n) is 5.19. The number of carbonyl (C=O) groups is 2. The number of guanidine groups is 1. The summed E-state index contributed by atoms with van der Waals surface area (Å²) in [7, 11) is 0. The van der Waals surface area contributed by atoms with Crippen LogP contribution >= 0.6 is 0 Å². The maximum absolute atomic E-state index is 13.1. The van der Waals surface area contributed by atoms with Crippen LogP contribution in [0.25, 0.3) is 0 Å². The minimum Gasteiger partial charge on any atom is -0.485 e. The van der Waals surface area contributed by atoms with Crippen LogP contribution in [0.2, 0.25) is 0 Å². The van der Waals surface area contributed by atoms with Crippen molar-refractivity contribution in [3.63, 3.8) is 0 Å². The Morgan fingerprint density at radius 3 is 2.61 bits per heavy atom. The summed E-state index contributed by atoms with van der Waals surface area (Å²) in [6.07, 6.45) is 1.95. The molecule has 3 N–H and O–H groups in total. The average molecular weight is 427 g/mol. The molecule has 1 aliphatic carbocycles. The standard InChI is InChI=1S/C24H34N4O3/c1-6-24(7-2)12-18(29)28(22(25)27-24)13-16-14(3)19(16)21(30)26-20-15-10-8-9-11-17(15)31-23(20,4)5/h8-11,14,16,19-20H,6-7,12-13H2,1-5H3,(H2,25,27)(H,26,30)/t14?,16?,19?,20-/m1/s1. The molecule has 4 atom stereocenters. The molecule has 1 fully saturated rings. The number of benzene rings is 1. The van der Waals surface area contributed by atoms with E-state index in [0.717, 1.165) is 24.2 Å². The smallest absolute Gasteiger partial charge is 0.231 e. The van der Waals surface area contributed by atoms with Crippen molar-refractivity contribution in [2.75, 3.05) is 6.54 Å². The Bertz CT molecular complexity index is 921. The van der Waals surface area contributed by atoms with Gasteiger partial charge in [0.1, 0.15) is 11.4 Å². The lowest BCUT2D eigenvalue weighted by Crippen LogP contribution is -2.52. The highest BCUT2D eigenvalue weighted by molar-refractivity contribution is 5.99. The fraction of sp³-hybridized carbons (Fsp3) is 0.625. The normalized spacial score (nSPS) is 30.3. The molecule has 4 rings (SSSR count). The van der Waals surface area contributed by atoms with Crippen molar-refractivity contribution in [1.29, 1.82) is 0 Å². The number of nitrogens with zero attached hydrogens (tertiary/aromatic N) is 2. The Balaban J connectivity index is 1.44.